The van der Waals surface area contributed by atoms with Crippen molar-refractivity contribution >= 4 is 17.5 Å². The van der Waals surface area contributed by atoms with E-state index >= 15 is 0 Å². The Balaban J connectivity index is 1.89. The number of carbonyl (C=O) groups is 2. The van der Waals surface area contributed by atoms with Crippen molar-refractivity contribution in [1.82, 2.24) is 5.32 Å². The third kappa shape index (κ3) is 3.27. The van der Waals surface area contributed by atoms with E-state index in [0.717, 1.165) is 5.69 Å². The van der Waals surface area contributed by atoms with E-state index in [4.69, 9.17) is 10.5 Å². The molecular weight excluding hydrogens is 258 g/mol. The lowest BCUT2D eigenvalue weighted by Crippen LogP contribution is -2.42. The standard InChI is InChI=1S/C14H19N3O3/c1-10(15)14(19)16-7-4-8-17-11-5-2-3-6-12(11)20-9-13(17)18/h2-3,5-6,10H,4,7-9,15H2,1H3,(H,16,19)/t10-/m0/s1. The van der Waals surface area contributed by atoms with E-state index in [1.54, 1.807) is 11.8 Å². The minimum absolute atomic E-state index is 0.0587. The molecular formula is C14H19N3O3. The molecule has 0 saturated carbocycles. The lowest BCUT2D eigenvalue weighted by Gasteiger charge is -2.29. The number of benzene rings is 1. The molecule has 2 rings (SSSR count). The molecule has 1 aliphatic heterocycles. The van der Waals surface area contributed by atoms with Crippen LogP contribution in [0.1, 0.15) is 13.3 Å². The van der Waals surface area contributed by atoms with Crippen molar-refractivity contribution in [2.24, 2.45) is 5.73 Å². The number of rotatable bonds is 5. The first kappa shape index (κ1) is 14.3. The number of nitrogens with zero attached hydrogens (tertiary/aromatic N) is 1. The van der Waals surface area contributed by atoms with Crippen LogP contribution >= 0.6 is 0 Å². The van der Waals surface area contributed by atoms with E-state index in [-0.39, 0.29) is 18.4 Å². The second-order valence-corrected chi connectivity index (χ2v) is 4.74. The molecule has 0 fully saturated rings. The Kier molecular flexibility index (Phi) is 4.57. The van der Waals surface area contributed by atoms with Crippen molar-refractivity contribution in [2.45, 2.75) is 19.4 Å². The van der Waals surface area contributed by atoms with Crippen LogP contribution in [0.2, 0.25) is 0 Å². The van der Waals surface area contributed by atoms with Gasteiger partial charge in [0.15, 0.2) is 6.61 Å². The second-order valence-electron chi connectivity index (χ2n) is 4.74. The van der Waals surface area contributed by atoms with Crippen LogP contribution in [0, 0.1) is 0 Å². The molecule has 2 amide bonds. The van der Waals surface area contributed by atoms with Gasteiger partial charge in [0.25, 0.3) is 5.91 Å². The summed E-state index contributed by atoms with van der Waals surface area (Å²) in [6.45, 7) is 2.73. The van der Waals surface area contributed by atoms with Gasteiger partial charge in [-0.3, -0.25) is 9.59 Å². The fraction of sp³-hybridized carbons (Fsp3) is 0.429. The number of anilines is 1. The molecule has 0 radical (unpaired) electrons. The number of ether oxygens (including phenoxy) is 1. The summed E-state index contributed by atoms with van der Waals surface area (Å²) in [5.74, 6) is 0.465. The molecule has 1 aromatic rings. The summed E-state index contributed by atoms with van der Waals surface area (Å²) in [6, 6.07) is 6.92. The fourth-order valence-corrected chi connectivity index (χ4v) is 2.01. The highest BCUT2D eigenvalue weighted by Crippen LogP contribution is 2.31. The summed E-state index contributed by atoms with van der Waals surface area (Å²) in [5.41, 5.74) is 6.23. The molecule has 0 unspecified atom stereocenters. The molecule has 1 aromatic carbocycles. The first-order valence-corrected chi connectivity index (χ1v) is 6.65. The van der Waals surface area contributed by atoms with Crippen LogP contribution in [0.15, 0.2) is 24.3 Å². The van der Waals surface area contributed by atoms with Crippen LogP contribution in [0.5, 0.6) is 5.75 Å². The van der Waals surface area contributed by atoms with Crippen molar-refractivity contribution in [3.8, 4) is 5.75 Å². The van der Waals surface area contributed by atoms with E-state index in [1.165, 1.54) is 0 Å². The number of fused-ring (bicyclic) bond motifs is 1. The van der Waals surface area contributed by atoms with Gasteiger partial charge in [-0.2, -0.15) is 0 Å². The molecule has 1 atom stereocenters. The predicted molar refractivity (Wildman–Crippen MR) is 75.6 cm³/mol. The maximum atomic E-state index is 11.9. The maximum absolute atomic E-state index is 11.9. The Hall–Kier alpha value is -2.08. The molecule has 0 aromatic heterocycles. The van der Waals surface area contributed by atoms with Crippen molar-refractivity contribution in [3.05, 3.63) is 24.3 Å². The summed E-state index contributed by atoms with van der Waals surface area (Å²) < 4.78 is 5.36. The number of para-hydroxylation sites is 2. The zero-order valence-corrected chi connectivity index (χ0v) is 11.5. The van der Waals surface area contributed by atoms with Gasteiger partial charge in [-0.05, 0) is 25.5 Å². The summed E-state index contributed by atoms with van der Waals surface area (Å²) in [4.78, 5) is 24.9. The first-order chi connectivity index (χ1) is 9.59. The monoisotopic (exact) mass is 277 g/mol. The van der Waals surface area contributed by atoms with Crippen LogP contribution in [-0.2, 0) is 9.59 Å². The summed E-state index contributed by atoms with van der Waals surface area (Å²) >= 11 is 0. The number of nitrogens with two attached hydrogens (primary N) is 1. The Labute approximate surface area is 117 Å². The van der Waals surface area contributed by atoms with Gasteiger partial charge in [-0.25, -0.2) is 0 Å². The van der Waals surface area contributed by atoms with E-state index in [9.17, 15) is 9.59 Å². The van der Waals surface area contributed by atoms with Crippen LogP contribution in [0.25, 0.3) is 0 Å². The van der Waals surface area contributed by atoms with Gasteiger partial charge in [0, 0.05) is 13.1 Å². The van der Waals surface area contributed by atoms with Gasteiger partial charge in [0.2, 0.25) is 5.91 Å². The van der Waals surface area contributed by atoms with Crippen molar-refractivity contribution in [2.75, 3.05) is 24.6 Å². The molecule has 108 valence electrons. The van der Waals surface area contributed by atoms with Crippen LogP contribution in [-0.4, -0.2) is 37.6 Å². The van der Waals surface area contributed by atoms with E-state index in [1.807, 2.05) is 24.3 Å². The third-order valence-electron chi connectivity index (χ3n) is 3.08. The lowest BCUT2D eigenvalue weighted by atomic mass is 10.2. The number of hydrogen-bond donors (Lipinski definition) is 2. The first-order valence-electron chi connectivity index (χ1n) is 6.65. The molecule has 0 spiro atoms. The summed E-state index contributed by atoms with van der Waals surface area (Å²) in [6.07, 6.45) is 0.665. The number of nitrogens with one attached hydrogen (secondary N) is 1. The van der Waals surface area contributed by atoms with Gasteiger partial charge in [-0.15, -0.1) is 0 Å². The normalized spacial score (nSPS) is 15.3. The average molecular weight is 277 g/mol. The van der Waals surface area contributed by atoms with E-state index in [2.05, 4.69) is 5.32 Å². The smallest absolute Gasteiger partial charge is 0.265 e. The highest BCUT2D eigenvalue weighted by molar-refractivity contribution is 5.97. The van der Waals surface area contributed by atoms with Gasteiger partial charge in [-0.1, -0.05) is 12.1 Å². The average Bonchev–Trinajstić information content (AvgIpc) is 2.45. The highest BCUT2D eigenvalue weighted by atomic mass is 16.5. The number of hydrogen-bond acceptors (Lipinski definition) is 4. The number of carbonyl (C=O) groups excluding carboxylic acids is 2. The van der Waals surface area contributed by atoms with Crippen molar-refractivity contribution < 1.29 is 14.3 Å². The Morgan fingerprint density at radius 3 is 3.00 bits per heavy atom. The SMILES string of the molecule is C[C@H](N)C(=O)NCCCN1C(=O)COc2ccccc21. The topological polar surface area (TPSA) is 84.7 Å². The van der Waals surface area contributed by atoms with Crippen LogP contribution < -0.4 is 20.7 Å². The van der Waals surface area contributed by atoms with E-state index < -0.39 is 6.04 Å². The highest BCUT2D eigenvalue weighted by Gasteiger charge is 2.24. The van der Waals surface area contributed by atoms with Gasteiger partial charge < -0.3 is 20.7 Å². The quantitative estimate of drug-likeness (QED) is 0.756. The van der Waals surface area contributed by atoms with E-state index in [0.29, 0.717) is 25.3 Å². The van der Waals surface area contributed by atoms with Gasteiger partial charge in [0.05, 0.1) is 11.7 Å². The van der Waals surface area contributed by atoms with Gasteiger partial charge >= 0.3 is 0 Å². The zero-order valence-electron chi connectivity index (χ0n) is 11.5. The predicted octanol–water partition coefficient (Wildman–Crippen LogP) is 0.266. The van der Waals surface area contributed by atoms with Crippen LogP contribution in [0.4, 0.5) is 5.69 Å². The molecule has 3 N–H and O–H groups in total. The molecule has 6 nitrogen and oxygen atoms in total. The molecule has 1 aliphatic rings. The minimum atomic E-state index is -0.513. The lowest BCUT2D eigenvalue weighted by molar-refractivity contribution is -0.122. The third-order valence-corrected chi connectivity index (χ3v) is 3.08. The minimum Gasteiger partial charge on any atom is -0.482 e. The number of amides is 2. The zero-order chi connectivity index (χ0) is 14.5. The second kappa shape index (κ2) is 6.38. The molecule has 0 saturated heterocycles. The molecule has 0 bridgehead atoms. The largest absolute Gasteiger partial charge is 0.482 e. The van der Waals surface area contributed by atoms with Crippen molar-refractivity contribution in [3.63, 3.8) is 0 Å². The van der Waals surface area contributed by atoms with Crippen LogP contribution in [0.3, 0.4) is 0 Å². The Bertz CT molecular complexity index is 502. The van der Waals surface area contributed by atoms with Crippen molar-refractivity contribution in [1.29, 1.82) is 0 Å². The summed E-state index contributed by atoms with van der Waals surface area (Å²) in [5, 5.41) is 2.73. The maximum Gasteiger partial charge on any atom is 0.265 e. The molecule has 6 heteroatoms. The summed E-state index contributed by atoms with van der Waals surface area (Å²) in [7, 11) is 0. The molecule has 20 heavy (non-hydrogen) atoms. The Morgan fingerprint density at radius 2 is 2.25 bits per heavy atom. The fourth-order valence-electron chi connectivity index (χ4n) is 2.01. The molecule has 0 aliphatic carbocycles. The van der Waals surface area contributed by atoms with Gasteiger partial charge in [0.1, 0.15) is 5.75 Å². The molecule has 1 heterocycles. The Morgan fingerprint density at radius 1 is 1.50 bits per heavy atom.